The van der Waals surface area contributed by atoms with Gasteiger partial charge in [-0.15, -0.1) is 0 Å². The van der Waals surface area contributed by atoms with Crippen LogP contribution in [0.15, 0.2) is 42.5 Å². The highest BCUT2D eigenvalue weighted by Crippen LogP contribution is 2.37. The summed E-state index contributed by atoms with van der Waals surface area (Å²) in [5.74, 6) is -0.289. The average molecular weight is 612 g/mol. The molecule has 0 spiro atoms. The van der Waals surface area contributed by atoms with Gasteiger partial charge in [0.05, 0.1) is 22.5 Å². The molecule has 0 aliphatic carbocycles. The lowest BCUT2D eigenvalue weighted by atomic mass is 9.92. The van der Waals surface area contributed by atoms with Crippen molar-refractivity contribution in [3.8, 4) is 5.69 Å². The van der Waals surface area contributed by atoms with E-state index in [1.165, 1.54) is 0 Å². The molecule has 0 aliphatic rings. The topological polar surface area (TPSA) is 79.3 Å². The molecule has 1 heterocycles. The summed E-state index contributed by atoms with van der Waals surface area (Å²) in [5, 5.41) is 9.57. The number of hydrogen-bond acceptors (Lipinski definition) is 3. The third kappa shape index (κ3) is 8.74. The van der Waals surface area contributed by atoms with Gasteiger partial charge in [-0.05, 0) is 50.1 Å². The summed E-state index contributed by atoms with van der Waals surface area (Å²) in [4.78, 5) is 27.3. The highest BCUT2D eigenvalue weighted by Gasteiger charge is 2.37. The van der Waals surface area contributed by atoms with Gasteiger partial charge in [0.25, 0.3) is 0 Å². The van der Waals surface area contributed by atoms with E-state index in [1.807, 2.05) is 59.7 Å². The molecule has 3 aromatic rings. The first-order chi connectivity index (χ1) is 19.8. The molecule has 1 aromatic heterocycles. The van der Waals surface area contributed by atoms with Crippen molar-refractivity contribution in [1.82, 2.24) is 14.7 Å². The number of amides is 3. The predicted molar refractivity (Wildman–Crippen MR) is 152 cm³/mol. The van der Waals surface area contributed by atoms with Gasteiger partial charge in [0.2, 0.25) is 5.91 Å². The fourth-order valence-corrected chi connectivity index (χ4v) is 4.25. The number of aromatic nitrogens is 2. The predicted octanol–water partition coefficient (Wildman–Crippen LogP) is 8.10. The van der Waals surface area contributed by atoms with Crippen molar-refractivity contribution < 1.29 is 35.9 Å². The van der Waals surface area contributed by atoms with E-state index >= 15 is 0 Å². The zero-order valence-corrected chi connectivity index (χ0v) is 24.8. The van der Waals surface area contributed by atoms with Crippen molar-refractivity contribution in [2.24, 2.45) is 0 Å². The summed E-state index contributed by atoms with van der Waals surface area (Å²) in [6.45, 7) is 11.1. The molecule has 2 aromatic carbocycles. The number of nitrogens with one attached hydrogen (secondary N) is 2. The summed E-state index contributed by atoms with van der Waals surface area (Å²) in [7, 11) is 0. The molecule has 2 N–H and O–H groups in total. The van der Waals surface area contributed by atoms with E-state index in [-0.39, 0.29) is 18.0 Å². The number of carbonyl (C=O) groups excluding carboxylic acids is 2. The van der Waals surface area contributed by atoms with Gasteiger partial charge in [-0.1, -0.05) is 51.8 Å². The van der Waals surface area contributed by atoms with Crippen LogP contribution < -0.4 is 10.6 Å². The molecule has 3 amide bonds. The van der Waals surface area contributed by atoms with E-state index in [4.69, 9.17) is 5.10 Å². The molecule has 13 heteroatoms. The molecule has 0 aliphatic heterocycles. The SMILES string of the molecule is CCCCN(CC(=O)Nc1cc(C(C)(C)C)nn1-c1ccc(C)cc1C)C(=O)Nc1cc(C(F)(F)F)cc(C(F)(F)F)c1. The molecule has 7 nitrogen and oxygen atoms in total. The third-order valence-corrected chi connectivity index (χ3v) is 6.57. The first-order valence-corrected chi connectivity index (χ1v) is 13.6. The van der Waals surface area contributed by atoms with Crippen LogP contribution in [0.2, 0.25) is 0 Å². The quantitative estimate of drug-likeness (QED) is 0.253. The second-order valence-electron chi connectivity index (χ2n) is 11.4. The Morgan fingerprint density at radius 3 is 2.00 bits per heavy atom. The minimum Gasteiger partial charge on any atom is -0.315 e. The van der Waals surface area contributed by atoms with Gasteiger partial charge < -0.3 is 15.5 Å². The largest absolute Gasteiger partial charge is 0.416 e. The minimum absolute atomic E-state index is 0.0251. The lowest BCUT2D eigenvalue weighted by Gasteiger charge is -2.23. The molecule has 0 saturated carbocycles. The van der Waals surface area contributed by atoms with Crippen LogP contribution in [0.4, 0.5) is 42.6 Å². The van der Waals surface area contributed by atoms with Gasteiger partial charge in [-0.2, -0.15) is 31.4 Å². The molecule has 0 saturated heterocycles. The zero-order valence-electron chi connectivity index (χ0n) is 24.8. The number of alkyl halides is 6. The fraction of sp³-hybridized carbons (Fsp3) is 0.433. The maximum atomic E-state index is 13.3. The molecule has 0 atom stereocenters. The molecule has 234 valence electrons. The monoisotopic (exact) mass is 611 g/mol. The second kappa shape index (κ2) is 12.7. The Morgan fingerprint density at radius 1 is 0.884 bits per heavy atom. The maximum Gasteiger partial charge on any atom is 0.416 e. The van der Waals surface area contributed by atoms with E-state index in [9.17, 15) is 35.9 Å². The summed E-state index contributed by atoms with van der Waals surface area (Å²) in [6, 6.07) is 7.25. The van der Waals surface area contributed by atoms with Gasteiger partial charge in [-0.25, -0.2) is 9.48 Å². The lowest BCUT2D eigenvalue weighted by Crippen LogP contribution is -2.41. The fourth-order valence-electron chi connectivity index (χ4n) is 4.25. The molecular weight excluding hydrogens is 576 g/mol. The van der Waals surface area contributed by atoms with Crippen molar-refractivity contribution >= 4 is 23.4 Å². The first-order valence-electron chi connectivity index (χ1n) is 13.6. The lowest BCUT2D eigenvalue weighted by molar-refractivity contribution is -0.143. The molecule has 0 radical (unpaired) electrons. The molecule has 0 fully saturated rings. The van der Waals surface area contributed by atoms with Gasteiger partial charge in [-0.3, -0.25) is 4.79 Å². The first kappa shape index (κ1) is 33.5. The number of halogens is 6. The van der Waals surface area contributed by atoms with Crippen molar-refractivity contribution in [2.45, 2.75) is 72.2 Å². The van der Waals surface area contributed by atoms with Crippen LogP contribution >= 0.6 is 0 Å². The standard InChI is InChI=1S/C30H35F6N5O2/c1-7-8-11-40(27(43)37-22-14-20(29(31,32)33)13-21(15-22)30(34,35)36)17-26(42)38-25-16-24(28(4,5)6)39-41(25)23-10-9-18(2)12-19(23)3/h9-10,12-16H,7-8,11,17H2,1-6H3,(H,37,43)(H,38,42). The second-order valence-corrected chi connectivity index (χ2v) is 11.4. The Hall–Kier alpha value is -4.03. The van der Waals surface area contributed by atoms with Crippen LogP contribution in [0.3, 0.4) is 0 Å². The Morgan fingerprint density at radius 2 is 1.49 bits per heavy atom. The van der Waals surface area contributed by atoms with Gasteiger partial charge >= 0.3 is 18.4 Å². The van der Waals surface area contributed by atoms with E-state index in [0.717, 1.165) is 21.7 Å². The highest BCUT2D eigenvalue weighted by atomic mass is 19.4. The van der Waals surface area contributed by atoms with Crippen molar-refractivity contribution in [3.05, 3.63) is 70.4 Å². The zero-order chi connectivity index (χ0) is 32.3. The Bertz CT molecular complexity index is 1440. The van der Waals surface area contributed by atoms with Crippen molar-refractivity contribution in [3.63, 3.8) is 0 Å². The summed E-state index contributed by atoms with van der Waals surface area (Å²) < 4.78 is 81.4. The number of aryl methyl sites for hydroxylation is 2. The number of nitrogens with zero attached hydrogens (tertiary/aromatic N) is 3. The van der Waals surface area contributed by atoms with E-state index in [1.54, 1.807) is 10.7 Å². The summed E-state index contributed by atoms with van der Waals surface area (Å²) >= 11 is 0. The number of benzene rings is 2. The van der Waals surface area contributed by atoms with Crippen LogP contribution in [0.25, 0.3) is 5.69 Å². The van der Waals surface area contributed by atoms with Crippen LogP contribution in [-0.2, 0) is 22.6 Å². The van der Waals surface area contributed by atoms with E-state index < -0.39 is 47.6 Å². The Kier molecular flexibility index (Phi) is 9.87. The minimum atomic E-state index is -5.08. The average Bonchev–Trinajstić information content (AvgIpc) is 3.29. The van der Waals surface area contributed by atoms with Gasteiger partial charge in [0.15, 0.2) is 0 Å². The van der Waals surface area contributed by atoms with Crippen LogP contribution in [0.1, 0.15) is 68.5 Å². The Balaban J connectivity index is 1.89. The van der Waals surface area contributed by atoms with E-state index in [0.29, 0.717) is 36.5 Å². The number of urea groups is 1. The molecule has 0 bridgehead atoms. The van der Waals surface area contributed by atoms with Crippen LogP contribution in [0.5, 0.6) is 0 Å². The molecule has 3 rings (SSSR count). The molecule has 0 unspecified atom stereocenters. The number of rotatable bonds is 8. The van der Waals surface area contributed by atoms with Crippen molar-refractivity contribution in [2.75, 3.05) is 23.7 Å². The maximum absolute atomic E-state index is 13.3. The number of anilines is 2. The van der Waals surface area contributed by atoms with Crippen LogP contribution in [-0.4, -0.2) is 39.7 Å². The number of carbonyl (C=O) groups is 2. The summed E-state index contributed by atoms with van der Waals surface area (Å²) in [5.41, 5.74) is -0.837. The third-order valence-electron chi connectivity index (χ3n) is 6.57. The van der Waals surface area contributed by atoms with Gasteiger partial charge in [0.1, 0.15) is 12.4 Å². The number of unbranched alkanes of at least 4 members (excludes halogenated alkanes) is 1. The Labute approximate surface area is 246 Å². The summed E-state index contributed by atoms with van der Waals surface area (Å²) in [6.07, 6.45) is -9.10. The number of hydrogen-bond donors (Lipinski definition) is 2. The molecule has 43 heavy (non-hydrogen) atoms. The van der Waals surface area contributed by atoms with E-state index in [2.05, 4.69) is 10.6 Å². The highest BCUT2D eigenvalue weighted by molar-refractivity contribution is 5.97. The van der Waals surface area contributed by atoms with Crippen LogP contribution in [0, 0.1) is 13.8 Å². The normalized spacial score (nSPS) is 12.3. The van der Waals surface area contributed by atoms with Gasteiger partial charge in [0, 0.05) is 23.7 Å². The smallest absolute Gasteiger partial charge is 0.315 e. The van der Waals surface area contributed by atoms with Crippen molar-refractivity contribution in [1.29, 1.82) is 0 Å². The molecular formula is C30H35F6N5O2.